The van der Waals surface area contributed by atoms with Crippen LogP contribution in [0.25, 0.3) is 0 Å². The lowest BCUT2D eigenvalue weighted by atomic mass is 10.0. The van der Waals surface area contributed by atoms with E-state index in [0.717, 1.165) is 42.5 Å². The van der Waals surface area contributed by atoms with E-state index in [-0.39, 0.29) is 0 Å². The third kappa shape index (κ3) is 2.60. The molecule has 106 valence electrons. The number of hydrogen-bond acceptors (Lipinski definition) is 2. The Morgan fingerprint density at radius 3 is 3.05 bits per heavy atom. The first-order valence-electron chi connectivity index (χ1n) is 7.16. The number of nitrogens with one attached hydrogen (secondary N) is 1. The van der Waals surface area contributed by atoms with Gasteiger partial charge in [0.1, 0.15) is 5.82 Å². The Balaban J connectivity index is 1.77. The molecule has 2 heterocycles. The van der Waals surface area contributed by atoms with Crippen LogP contribution in [0.15, 0.2) is 24.3 Å². The first-order valence-corrected chi connectivity index (χ1v) is 7.54. The second kappa shape index (κ2) is 5.58. The van der Waals surface area contributed by atoms with E-state index in [2.05, 4.69) is 40.8 Å². The minimum atomic E-state index is 0.393. The lowest BCUT2D eigenvalue weighted by Gasteiger charge is -2.27. The topological polar surface area (TPSA) is 29.9 Å². The largest absolute Gasteiger partial charge is 0.329 e. The van der Waals surface area contributed by atoms with E-state index >= 15 is 0 Å². The Kier molecular flexibility index (Phi) is 3.81. The molecule has 1 atom stereocenters. The maximum absolute atomic E-state index is 6.05. The number of fused-ring (bicyclic) bond motifs is 1. The minimum absolute atomic E-state index is 0.393. The van der Waals surface area contributed by atoms with Crippen molar-refractivity contribution in [3.05, 3.63) is 52.1 Å². The molecular weight excluding hydrogens is 270 g/mol. The lowest BCUT2D eigenvalue weighted by Crippen LogP contribution is -2.34. The van der Waals surface area contributed by atoms with Crippen molar-refractivity contribution in [2.24, 2.45) is 0 Å². The summed E-state index contributed by atoms with van der Waals surface area (Å²) in [5.74, 6) is 1.13. The summed E-state index contributed by atoms with van der Waals surface area (Å²) >= 11 is 6.05. The van der Waals surface area contributed by atoms with Crippen molar-refractivity contribution < 1.29 is 0 Å². The molecule has 4 heteroatoms. The fourth-order valence-electron chi connectivity index (χ4n) is 3.14. The molecule has 0 amide bonds. The van der Waals surface area contributed by atoms with Crippen LogP contribution in [0.4, 0.5) is 0 Å². The van der Waals surface area contributed by atoms with Gasteiger partial charge in [-0.15, -0.1) is 0 Å². The van der Waals surface area contributed by atoms with E-state index in [1.54, 1.807) is 0 Å². The molecule has 0 saturated heterocycles. The van der Waals surface area contributed by atoms with Crippen LogP contribution in [0.1, 0.15) is 35.2 Å². The van der Waals surface area contributed by atoms with Crippen LogP contribution < -0.4 is 5.32 Å². The quantitative estimate of drug-likeness (QED) is 0.938. The summed E-state index contributed by atoms with van der Waals surface area (Å²) < 4.78 is 2.36. The highest BCUT2D eigenvalue weighted by atomic mass is 35.5. The standard InChI is InChI=1S/C16H20ClN3/c1-11-16-15(18-8-9-20(16)12(2)19-11)7-6-13-4-3-5-14(17)10-13/h3-5,10,15,18H,6-9H2,1-2H3. The third-order valence-electron chi connectivity index (χ3n) is 4.05. The summed E-state index contributed by atoms with van der Waals surface area (Å²) in [5.41, 5.74) is 3.81. The van der Waals surface area contributed by atoms with Crippen molar-refractivity contribution in [2.75, 3.05) is 6.54 Å². The molecule has 1 aliphatic rings. The highest BCUT2D eigenvalue weighted by molar-refractivity contribution is 6.30. The van der Waals surface area contributed by atoms with Gasteiger partial charge in [0.05, 0.1) is 11.4 Å². The smallest absolute Gasteiger partial charge is 0.106 e. The molecule has 1 aromatic carbocycles. The molecule has 0 spiro atoms. The molecule has 1 aliphatic heterocycles. The van der Waals surface area contributed by atoms with Crippen molar-refractivity contribution in [3.63, 3.8) is 0 Å². The SMILES string of the molecule is Cc1nc(C)n2c1C(CCc1cccc(Cl)c1)NCC2. The Morgan fingerprint density at radius 1 is 1.40 bits per heavy atom. The van der Waals surface area contributed by atoms with Gasteiger partial charge in [-0.1, -0.05) is 23.7 Å². The van der Waals surface area contributed by atoms with E-state index < -0.39 is 0 Å². The molecule has 2 aromatic rings. The number of hydrogen-bond donors (Lipinski definition) is 1. The highest BCUT2D eigenvalue weighted by Gasteiger charge is 2.24. The van der Waals surface area contributed by atoms with Crippen LogP contribution in [-0.4, -0.2) is 16.1 Å². The number of aromatic nitrogens is 2. The van der Waals surface area contributed by atoms with Crippen molar-refractivity contribution in [1.29, 1.82) is 0 Å². The summed E-state index contributed by atoms with van der Waals surface area (Å²) in [6.45, 7) is 6.24. The summed E-state index contributed by atoms with van der Waals surface area (Å²) in [5, 5.41) is 4.44. The normalized spacial score (nSPS) is 18.1. The zero-order chi connectivity index (χ0) is 14.1. The number of nitrogens with zero attached hydrogens (tertiary/aromatic N) is 2. The molecule has 0 saturated carbocycles. The van der Waals surface area contributed by atoms with Gasteiger partial charge in [0.2, 0.25) is 0 Å². The van der Waals surface area contributed by atoms with Gasteiger partial charge in [0, 0.05) is 24.2 Å². The first-order chi connectivity index (χ1) is 9.65. The second-order valence-corrected chi connectivity index (χ2v) is 5.89. The van der Waals surface area contributed by atoms with Crippen LogP contribution in [0, 0.1) is 13.8 Å². The molecule has 0 aliphatic carbocycles. The van der Waals surface area contributed by atoms with E-state index in [1.807, 2.05) is 12.1 Å². The Morgan fingerprint density at radius 2 is 2.25 bits per heavy atom. The molecule has 0 radical (unpaired) electrons. The molecular formula is C16H20ClN3. The van der Waals surface area contributed by atoms with E-state index in [9.17, 15) is 0 Å². The highest BCUT2D eigenvalue weighted by Crippen LogP contribution is 2.26. The summed E-state index contributed by atoms with van der Waals surface area (Å²) in [7, 11) is 0. The van der Waals surface area contributed by atoms with Crippen LogP contribution in [0.5, 0.6) is 0 Å². The van der Waals surface area contributed by atoms with Gasteiger partial charge in [-0.25, -0.2) is 4.98 Å². The first kappa shape index (κ1) is 13.7. The van der Waals surface area contributed by atoms with E-state index in [4.69, 9.17) is 11.6 Å². The van der Waals surface area contributed by atoms with Gasteiger partial charge >= 0.3 is 0 Å². The van der Waals surface area contributed by atoms with Gasteiger partial charge in [0.25, 0.3) is 0 Å². The number of imidazole rings is 1. The average molecular weight is 290 g/mol. The molecule has 3 nitrogen and oxygen atoms in total. The summed E-state index contributed by atoms with van der Waals surface area (Å²) in [4.78, 5) is 4.61. The Bertz CT molecular complexity index is 618. The van der Waals surface area contributed by atoms with Crippen LogP contribution in [0.2, 0.25) is 5.02 Å². The molecule has 1 N–H and O–H groups in total. The summed E-state index contributed by atoms with van der Waals surface area (Å²) in [6.07, 6.45) is 2.11. The van der Waals surface area contributed by atoms with Gasteiger partial charge in [-0.05, 0) is 44.4 Å². The second-order valence-electron chi connectivity index (χ2n) is 5.46. The number of halogens is 1. The van der Waals surface area contributed by atoms with E-state index in [1.165, 1.54) is 11.3 Å². The number of rotatable bonds is 3. The molecule has 0 bridgehead atoms. The van der Waals surface area contributed by atoms with Crippen LogP contribution >= 0.6 is 11.6 Å². The van der Waals surface area contributed by atoms with Crippen LogP contribution in [-0.2, 0) is 13.0 Å². The zero-order valence-electron chi connectivity index (χ0n) is 12.0. The molecule has 0 fully saturated rings. The third-order valence-corrected chi connectivity index (χ3v) is 4.28. The summed E-state index contributed by atoms with van der Waals surface area (Å²) in [6, 6.07) is 8.53. The molecule has 3 rings (SSSR count). The predicted octanol–water partition coefficient (Wildman–Crippen LogP) is 3.43. The number of aryl methyl sites for hydroxylation is 3. The van der Waals surface area contributed by atoms with Gasteiger partial charge in [-0.2, -0.15) is 0 Å². The number of benzene rings is 1. The van der Waals surface area contributed by atoms with Gasteiger partial charge in [-0.3, -0.25) is 0 Å². The van der Waals surface area contributed by atoms with Gasteiger partial charge in [0.15, 0.2) is 0 Å². The fraction of sp³-hybridized carbons (Fsp3) is 0.438. The monoisotopic (exact) mass is 289 g/mol. The fourth-order valence-corrected chi connectivity index (χ4v) is 3.35. The van der Waals surface area contributed by atoms with Crippen molar-refractivity contribution in [3.8, 4) is 0 Å². The van der Waals surface area contributed by atoms with Crippen molar-refractivity contribution in [2.45, 2.75) is 39.3 Å². The minimum Gasteiger partial charge on any atom is -0.329 e. The van der Waals surface area contributed by atoms with Gasteiger partial charge < -0.3 is 9.88 Å². The molecule has 20 heavy (non-hydrogen) atoms. The maximum Gasteiger partial charge on any atom is 0.106 e. The molecule has 1 aromatic heterocycles. The predicted molar refractivity (Wildman–Crippen MR) is 82.2 cm³/mol. The van der Waals surface area contributed by atoms with E-state index in [0.29, 0.717) is 6.04 Å². The lowest BCUT2D eigenvalue weighted by molar-refractivity contribution is 0.401. The molecule has 1 unspecified atom stereocenters. The zero-order valence-corrected chi connectivity index (χ0v) is 12.7. The van der Waals surface area contributed by atoms with Crippen molar-refractivity contribution in [1.82, 2.24) is 14.9 Å². The average Bonchev–Trinajstić information content (AvgIpc) is 2.73. The van der Waals surface area contributed by atoms with Crippen LogP contribution in [0.3, 0.4) is 0 Å². The Hall–Kier alpha value is -1.32. The van der Waals surface area contributed by atoms with Crippen molar-refractivity contribution >= 4 is 11.6 Å². The Labute approximate surface area is 125 Å². The maximum atomic E-state index is 6.05.